The van der Waals surface area contributed by atoms with Gasteiger partial charge in [0.1, 0.15) is 0 Å². The average Bonchev–Trinajstić information content (AvgIpc) is 3.27. The number of sulfone groups is 1. The molecule has 1 heterocycles. The Labute approximate surface area is 182 Å². The molecule has 0 aliphatic carbocycles. The summed E-state index contributed by atoms with van der Waals surface area (Å²) >= 11 is 5.89. The van der Waals surface area contributed by atoms with Gasteiger partial charge in [-0.25, -0.2) is 8.42 Å². The Bertz CT molecular complexity index is 1080. The highest BCUT2D eigenvalue weighted by molar-refractivity contribution is 7.92. The van der Waals surface area contributed by atoms with Crippen molar-refractivity contribution in [2.24, 2.45) is 0 Å². The fraction of sp³-hybridized carbons (Fsp3) is 0.208. The van der Waals surface area contributed by atoms with Crippen molar-refractivity contribution in [3.8, 4) is 0 Å². The number of hydrogen-bond acceptors (Lipinski definition) is 3. The first-order valence-corrected chi connectivity index (χ1v) is 11.8. The first-order chi connectivity index (χ1) is 14.5. The van der Waals surface area contributed by atoms with Crippen LogP contribution in [0.2, 0.25) is 5.02 Å². The van der Waals surface area contributed by atoms with Crippen molar-refractivity contribution in [3.05, 3.63) is 101 Å². The minimum atomic E-state index is -3.53. The van der Waals surface area contributed by atoms with E-state index >= 15 is 0 Å². The summed E-state index contributed by atoms with van der Waals surface area (Å²) in [6.45, 7) is 0.618. The number of rotatable bonds is 5. The fourth-order valence-electron chi connectivity index (χ4n) is 3.95. The van der Waals surface area contributed by atoms with Crippen molar-refractivity contribution in [1.82, 2.24) is 4.90 Å². The predicted octanol–water partition coefficient (Wildman–Crippen LogP) is 4.55. The van der Waals surface area contributed by atoms with Gasteiger partial charge >= 0.3 is 0 Å². The van der Waals surface area contributed by atoms with Crippen LogP contribution in [-0.4, -0.2) is 37.6 Å². The van der Waals surface area contributed by atoms with Crippen LogP contribution in [0, 0.1) is 0 Å². The van der Waals surface area contributed by atoms with Gasteiger partial charge in [0.2, 0.25) is 5.91 Å². The lowest BCUT2D eigenvalue weighted by Crippen LogP contribution is -2.35. The zero-order valence-electron chi connectivity index (χ0n) is 16.3. The van der Waals surface area contributed by atoms with Crippen molar-refractivity contribution in [2.75, 3.05) is 13.1 Å². The minimum Gasteiger partial charge on any atom is -0.341 e. The van der Waals surface area contributed by atoms with E-state index in [1.807, 2.05) is 60.7 Å². The number of carbonyl (C=O) groups is 1. The molecule has 30 heavy (non-hydrogen) atoms. The van der Waals surface area contributed by atoms with Gasteiger partial charge in [0.15, 0.2) is 9.84 Å². The van der Waals surface area contributed by atoms with E-state index < -0.39 is 21.0 Å². The predicted molar refractivity (Wildman–Crippen MR) is 118 cm³/mol. The van der Waals surface area contributed by atoms with E-state index in [0.717, 1.165) is 11.1 Å². The molecule has 1 aliphatic rings. The van der Waals surface area contributed by atoms with Crippen LogP contribution in [0.25, 0.3) is 0 Å². The van der Waals surface area contributed by atoms with Gasteiger partial charge in [0.25, 0.3) is 0 Å². The average molecular weight is 440 g/mol. The number of nitrogens with zero attached hydrogens (tertiary/aromatic N) is 1. The zero-order chi connectivity index (χ0) is 21.1. The Morgan fingerprint density at radius 3 is 1.93 bits per heavy atom. The number of halogens is 1. The van der Waals surface area contributed by atoms with Gasteiger partial charge in [-0.3, -0.25) is 4.79 Å². The summed E-state index contributed by atoms with van der Waals surface area (Å²) in [7, 11) is -3.53. The number of amides is 1. The smallest absolute Gasteiger partial charge is 0.234 e. The summed E-state index contributed by atoms with van der Waals surface area (Å²) in [6.07, 6.45) is 0.424. The Morgan fingerprint density at radius 1 is 0.867 bits per heavy atom. The van der Waals surface area contributed by atoms with Gasteiger partial charge in [-0.1, -0.05) is 72.3 Å². The van der Waals surface area contributed by atoms with Crippen molar-refractivity contribution >= 4 is 27.3 Å². The molecular weight excluding hydrogens is 418 g/mol. The molecule has 1 saturated heterocycles. The Morgan fingerprint density at radius 2 is 1.40 bits per heavy atom. The third-order valence-electron chi connectivity index (χ3n) is 5.55. The molecule has 4 nitrogen and oxygen atoms in total. The maximum absolute atomic E-state index is 13.5. The minimum absolute atomic E-state index is 0.0683. The summed E-state index contributed by atoms with van der Waals surface area (Å²) in [5, 5.41) is -0.124. The number of hydrogen-bond donors (Lipinski definition) is 0. The van der Waals surface area contributed by atoms with Crippen LogP contribution in [0.3, 0.4) is 0 Å². The van der Waals surface area contributed by atoms with Gasteiger partial charge in [-0.05, 0) is 41.8 Å². The monoisotopic (exact) mass is 439 g/mol. The first kappa shape index (κ1) is 20.6. The van der Waals surface area contributed by atoms with Crippen LogP contribution in [-0.2, 0) is 14.6 Å². The van der Waals surface area contributed by atoms with Gasteiger partial charge < -0.3 is 4.90 Å². The molecule has 3 aromatic carbocycles. The van der Waals surface area contributed by atoms with Gasteiger partial charge in [0.05, 0.1) is 16.1 Å². The Kier molecular flexibility index (Phi) is 5.93. The Hall–Kier alpha value is -2.63. The molecule has 1 aliphatic heterocycles. The molecule has 1 atom stereocenters. The largest absolute Gasteiger partial charge is 0.341 e. The molecule has 0 radical (unpaired) electrons. The van der Waals surface area contributed by atoms with Crippen LogP contribution >= 0.6 is 11.6 Å². The second-order valence-corrected chi connectivity index (χ2v) is 10.1. The number of carbonyl (C=O) groups excluding carboxylic acids is 1. The molecule has 0 saturated carbocycles. The van der Waals surface area contributed by atoms with Crippen molar-refractivity contribution in [2.45, 2.75) is 22.5 Å². The van der Waals surface area contributed by atoms with Crippen LogP contribution in [0.1, 0.15) is 23.5 Å². The summed E-state index contributed by atoms with van der Waals surface area (Å²) < 4.78 is 26.1. The molecule has 1 fully saturated rings. The quantitative estimate of drug-likeness (QED) is 0.586. The molecule has 0 aromatic heterocycles. The lowest BCUT2D eigenvalue weighted by Gasteiger charge is -2.24. The second-order valence-electron chi connectivity index (χ2n) is 7.45. The zero-order valence-corrected chi connectivity index (χ0v) is 17.9. The highest BCUT2D eigenvalue weighted by Gasteiger charge is 2.38. The molecule has 0 N–H and O–H groups in total. The van der Waals surface area contributed by atoms with Crippen LogP contribution in [0.4, 0.5) is 0 Å². The SMILES string of the molecule is O=C(C(c1ccccc1)c1ccccc1)N1CC[C@@H](S(=O)(=O)c2ccc(Cl)cc2)C1. The van der Waals surface area contributed by atoms with E-state index in [2.05, 4.69) is 0 Å². The van der Waals surface area contributed by atoms with Crippen LogP contribution in [0.15, 0.2) is 89.8 Å². The second kappa shape index (κ2) is 8.62. The first-order valence-electron chi connectivity index (χ1n) is 9.85. The van der Waals surface area contributed by atoms with E-state index in [0.29, 0.717) is 18.0 Å². The fourth-order valence-corrected chi connectivity index (χ4v) is 5.77. The molecule has 0 spiro atoms. The maximum Gasteiger partial charge on any atom is 0.234 e. The van der Waals surface area contributed by atoms with Crippen LogP contribution < -0.4 is 0 Å². The van der Waals surface area contributed by atoms with Crippen LogP contribution in [0.5, 0.6) is 0 Å². The maximum atomic E-state index is 13.5. The normalized spacial score (nSPS) is 16.7. The van der Waals surface area contributed by atoms with E-state index in [1.54, 1.807) is 17.0 Å². The standard InChI is InChI=1S/C24H22ClNO3S/c25-20-11-13-21(14-12-20)30(28,29)22-15-16-26(17-22)24(27)23(18-7-3-1-4-8-18)19-9-5-2-6-10-19/h1-14,22-23H,15-17H2/t22-/m1/s1. The van der Waals surface area contributed by atoms with Crippen molar-refractivity contribution in [1.29, 1.82) is 0 Å². The molecule has 1 amide bonds. The van der Waals surface area contributed by atoms with Gasteiger partial charge in [-0.15, -0.1) is 0 Å². The Balaban J connectivity index is 1.59. The molecular formula is C24H22ClNO3S. The lowest BCUT2D eigenvalue weighted by molar-refractivity contribution is -0.130. The summed E-state index contributed by atoms with van der Waals surface area (Å²) in [6, 6.07) is 25.4. The summed E-state index contributed by atoms with van der Waals surface area (Å²) in [5.41, 5.74) is 1.80. The molecule has 0 bridgehead atoms. The topological polar surface area (TPSA) is 54.5 Å². The van der Waals surface area contributed by atoms with E-state index in [1.165, 1.54) is 12.1 Å². The van der Waals surface area contributed by atoms with E-state index in [9.17, 15) is 13.2 Å². The molecule has 154 valence electrons. The third-order valence-corrected chi connectivity index (χ3v) is 7.99. The molecule has 0 unspecified atom stereocenters. The third kappa shape index (κ3) is 4.13. The van der Waals surface area contributed by atoms with Gasteiger partial charge in [-0.2, -0.15) is 0 Å². The number of likely N-dealkylation sites (tertiary alicyclic amines) is 1. The highest BCUT2D eigenvalue weighted by atomic mass is 35.5. The van der Waals surface area contributed by atoms with Crippen molar-refractivity contribution in [3.63, 3.8) is 0 Å². The molecule has 4 rings (SSSR count). The van der Waals surface area contributed by atoms with Crippen molar-refractivity contribution < 1.29 is 13.2 Å². The van der Waals surface area contributed by atoms with E-state index in [4.69, 9.17) is 11.6 Å². The molecule has 6 heteroatoms. The molecule has 3 aromatic rings. The highest BCUT2D eigenvalue weighted by Crippen LogP contribution is 2.31. The lowest BCUT2D eigenvalue weighted by atomic mass is 9.90. The number of benzene rings is 3. The van der Waals surface area contributed by atoms with E-state index in [-0.39, 0.29) is 17.3 Å². The van der Waals surface area contributed by atoms with Gasteiger partial charge in [0, 0.05) is 18.1 Å². The summed E-state index contributed by atoms with van der Waals surface area (Å²) in [5.74, 6) is -0.523. The summed E-state index contributed by atoms with van der Waals surface area (Å²) in [4.78, 5) is 15.4.